The third-order valence-corrected chi connectivity index (χ3v) is 11.0. The molecule has 8 N–H and O–H groups in total. The van der Waals surface area contributed by atoms with E-state index in [4.69, 9.17) is 69.6 Å². The highest BCUT2D eigenvalue weighted by molar-refractivity contribution is 6.35. The molecule has 12 nitrogen and oxygen atoms in total. The topological polar surface area (TPSA) is 181 Å². The van der Waals surface area contributed by atoms with E-state index in [-0.39, 0.29) is 67.0 Å². The largest absolute Gasteiger partial charge is 0.510 e. The molecule has 2 amide bonds. The SMILES string of the molecule is CC(=O)/C(NNc1ccc(C(=O)Nc2cc(Cl)ccc2C)cc1Cl)=C(/O)Cc1cc(Cl)c(C/C(O)=C(/NNc2ccc(C(=O)Nc3cc(Cl)ccc3C)cc2Cl)C(C)=O)cc1Cl. The molecule has 0 aliphatic heterocycles. The summed E-state index contributed by atoms with van der Waals surface area (Å²) in [5.74, 6) is -2.67. The van der Waals surface area contributed by atoms with Crippen LogP contribution in [0.2, 0.25) is 30.1 Å². The molecule has 0 bridgehead atoms. The van der Waals surface area contributed by atoms with Crippen LogP contribution in [0, 0.1) is 13.8 Å². The van der Waals surface area contributed by atoms with Crippen molar-refractivity contribution in [1.29, 1.82) is 0 Å². The Morgan fingerprint density at radius 2 is 0.855 bits per heavy atom. The Hall–Kier alpha value is -5.60. The highest BCUT2D eigenvalue weighted by Crippen LogP contribution is 2.31. The molecular formula is C44H38Cl6N6O6. The van der Waals surface area contributed by atoms with Gasteiger partial charge in [0.05, 0.1) is 21.4 Å². The maximum absolute atomic E-state index is 12.9. The van der Waals surface area contributed by atoms with Crippen LogP contribution in [0.25, 0.3) is 0 Å². The minimum absolute atomic E-state index is 0.140. The summed E-state index contributed by atoms with van der Waals surface area (Å²) in [6.45, 7) is 6.14. The summed E-state index contributed by atoms with van der Waals surface area (Å²) in [7, 11) is 0. The first-order valence-electron chi connectivity index (χ1n) is 18.4. The molecule has 0 saturated heterocycles. The number of aliphatic hydroxyl groups is 2. The van der Waals surface area contributed by atoms with Crippen molar-refractivity contribution in [2.75, 3.05) is 21.5 Å². The number of nitrogens with one attached hydrogen (secondary N) is 6. The summed E-state index contributed by atoms with van der Waals surface area (Å²) in [4.78, 5) is 51.0. The van der Waals surface area contributed by atoms with E-state index in [0.29, 0.717) is 43.9 Å². The smallest absolute Gasteiger partial charge is 0.255 e. The van der Waals surface area contributed by atoms with Crippen LogP contribution in [0.5, 0.6) is 0 Å². The van der Waals surface area contributed by atoms with Crippen LogP contribution in [-0.4, -0.2) is 33.6 Å². The molecule has 0 atom stereocenters. The van der Waals surface area contributed by atoms with Gasteiger partial charge in [-0.25, -0.2) is 0 Å². The number of hydrogen-bond acceptors (Lipinski definition) is 10. The number of hydrazine groups is 2. The Morgan fingerprint density at radius 1 is 0.484 bits per heavy atom. The van der Waals surface area contributed by atoms with Gasteiger partial charge in [0.2, 0.25) is 0 Å². The summed E-state index contributed by atoms with van der Waals surface area (Å²) in [6, 6.07) is 22.1. The molecule has 0 aromatic heterocycles. The lowest BCUT2D eigenvalue weighted by Gasteiger charge is -2.17. The number of anilines is 4. The Labute approximate surface area is 387 Å². The zero-order valence-electron chi connectivity index (χ0n) is 33.3. The number of amides is 2. The van der Waals surface area contributed by atoms with Gasteiger partial charge in [-0.15, -0.1) is 0 Å². The predicted octanol–water partition coefficient (Wildman–Crippen LogP) is 11.8. The second kappa shape index (κ2) is 21.0. The molecule has 322 valence electrons. The quantitative estimate of drug-likeness (QED) is 0.0269. The minimum Gasteiger partial charge on any atom is -0.510 e. The third kappa shape index (κ3) is 12.3. The molecular weight excluding hydrogens is 921 g/mol. The number of halogens is 6. The maximum Gasteiger partial charge on any atom is 0.255 e. The van der Waals surface area contributed by atoms with Crippen molar-refractivity contribution in [1.82, 2.24) is 10.9 Å². The van der Waals surface area contributed by atoms with Crippen LogP contribution in [-0.2, 0) is 22.4 Å². The van der Waals surface area contributed by atoms with E-state index in [9.17, 15) is 29.4 Å². The second-order valence-corrected chi connectivity index (χ2v) is 16.4. The lowest BCUT2D eigenvalue weighted by atomic mass is 10.0. The van der Waals surface area contributed by atoms with Gasteiger partial charge in [0.1, 0.15) is 22.9 Å². The zero-order chi connectivity index (χ0) is 45.4. The molecule has 0 radical (unpaired) electrons. The Kier molecular flexibility index (Phi) is 16.1. The van der Waals surface area contributed by atoms with Crippen molar-refractivity contribution in [2.24, 2.45) is 0 Å². The molecule has 5 aromatic rings. The van der Waals surface area contributed by atoms with Gasteiger partial charge in [0.25, 0.3) is 11.8 Å². The molecule has 0 unspecified atom stereocenters. The van der Waals surface area contributed by atoms with Gasteiger partial charge in [-0.05, 0) is 109 Å². The van der Waals surface area contributed by atoms with Crippen LogP contribution in [0.3, 0.4) is 0 Å². The van der Waals surface area contributed by atoms with E-state index in [0.717, 1.165) is 11.1 Å². The first-order chi connectivity index (χ1) is 29.3. The number of Topliss-reactive ketones (excluding diaryl/α,β-unsaturated/α-hetero) is 2. The van der Waals surface area contributed by atoms with E-state index in [2.05, 4.69) is 32.3 Å². The minimum atomic E-state index is -0.530. The van der Waals surface area contributed by atoms with Crippen LogP contribution in [0.1, 0.15) is 56.8 Å². The molecule has 0 heterocycles. The van der Waals surface area contributed by atoms with Gasteiger partial charge in [0, 0.05) is 69.3 Å². The number of aliphatic hydroxyl groups excluding tert-OH is 2. The summed E-state index contributed by atoms with van der Waals surface area (Å²) < 4.78 is 0. The Bertz CT molecular complexity index is 2490. The van der Waals surface area contributed by atoms with Crippen molar-refractivity contribution >= 4 is 116 Å². The first kappa shape index (κ1) is 47.4. The molecule has 5 rings (SSSR count). The molecule has 62 heavy (non-hydrogen) atoms. The number of benzene rings is 5. The fourth-order valence-corrected chi connectivity index (χ4v) is 7.09. The predicted molar refractivity (Wildman–Crippen MR) is 249 cm³/mol. The zero-order valence-corrected chi connectivity index (χ0v) is 37.8. The summed E-state index contributed by atoms with van der Waals surface area (Å²) in [5.41, 5.74) is 15.0. The average Bonchev–Trinajstić information content (AvgIpc) is 3.20. The number of carbonyl (C=O) groups excluding carboxylic acids is 4. The van der Waals surface area contributed by atoms with Gasteiger partial charge < -0.3 is 20.8 Å². The van der Waals surface area contributed by atoms with Crippen LogP contribution in [0.4, 0.5) is 22.7 Å². The van der Waals surface area contributed by atoms with E-state index >= 15 is 0 Å². The molecule has 0 saturated carbocycles. The lowest BCUT2D eigenvalue weighted by molar-refractivity contribution is -0.115. The number of ketones is 2. The van der Waals surface area contributed by atoms with Gasteiger partial charge in [-0.1, -0.05) is 81.7 Å². The first-order valence-corrected chi connectivity index (χ1v) is 20.7. The molecule has 18 heteroatoms. The van der Waals surface area contributed by atoms with Gasteiger partial charge >= 0.3 is 0 Å². The van der Waals surface area contributed by atoms with Gasteiger partial charge in [0.15, 0.2) is 11.6 Å². The normalized spacial score (nSPS) is 11.8. The summed E-state index contributed by atoms with van der Waals surface area (Å²) in [5, 5.41) is 29.2. The van der Waals surface area contributed by atoms with E-state index < -0.39 is 23.4 Å². The second-order valence-electron chi connectivity index (χ2n) is 13.9. The van der Waals surface area contributed by atoms with Crippen molar-refractivity contribution in [2.45, 2.75) is 40.5 Å². The summed E-state index contributed by atoms with van der Waals surface area (Å²) >= 11 is 38.3. The number of carbonyl (C=O) groups is 4. The van der Waals surface area contributed by atoms with Gasteiger partial charge in [-0.2, -0.15) is 0 Å². The highest BCUT2D eigenvalue weighted by Gasteiger charge is 2.19. The fourth-order valence-electron chi connectivity index (χ4n) is 5.79. The van der Waals surface area contributed by atoms with Crippen LogP contribution in [0.15, 0.2) is 108 Å². The van der Waals surface area contributed by atoms with E-state index in [1.165, 1.54) is 62.4 Å². The number of hydrogen-bond donors (Lipinski definition) is 8. The molecule has 0 aliphatic carbocycles. The number of aryl methyl sites for hydroxylation is 2. The van der Waals surface area contributed by atoms with E-state index in [1.807, 2.05) is 13.8 Å². The van der Waals surface area contributed by atoms with Crippen molar-refractivity contribution < 1.29 is 29.4 Å². The van der Waals surface area contributed by atoms with E-state index in [1.54, 1.807) is 36.4 Å². The Morgan fingerprint density at radius 3 is 1.19 bits per heavy atom. The number of allylic oxidation sites excluding steroid dienone is 4. The third-order valence-electron chi connectivity index (χ3n) is 9.22. The molecule has 0 aliphatic rings. The maximum atomic E-state index is 12.9. The van der Waals surface area contributed by atoms with Crippen molar-refractivity contribution in [3.8, 4) is 0 Å². The molecule has 0 fully saturated rings. The highest BCUT2D eigenvalue weighted by atomic mass is 35.5. The molecule has 0 spiro atoms. The fraction of sp³-hybridized carbons (Fsp3) is 0.136. The van der Waals surface area contributed by atoms with Crippen LogP contribution >= 0.6 is 69.6 Å². The van der Waals surface area contributed by atoms with Crippen molar-refractivity contribution in [3.63, 3.8) is 0 Å². The van der Waals surface area contributed by atoms with Crippen LogP contribution < -0.4 is 32.3 Å². The lowest BCUT2D eigenvalue weighted by Crippen LogP contribution is -2.27. The standard InChI is InChI=1S/C44H38Cl6N6O6/c1-21-5-9-29(45)19-37(21)51-43(61)25-7-11-35(33(49)13-25)53-55-41(23(3)57)39(59)17-27-15-32(48)28(16-31(27)47)18-40(60)42(24(4)58)56-54-36-12-8-26(14-34(36)50)44(62)52-38-20-30(46)10-6-22(38)2/h5-16,19-20,53-56,59-60H,17-18H2,1-4H3,(H,51,61)(H,52,62)/b41-39-,42-40-. The average molecular weight is 960 g/mol. The summed E-state index contributed by atoms with van der Waals surface area (Å²) in [6.07, 6.45) is -0.461. The number of rotatable bonds is 16. The van der Waals surface area contributed by atoms with Crippen molar-refractivity contribution in [3.05, 3.63) is 171 Å². The monoisotopic (exact) mass is 956 g/mol. The Balaban J connectivity index is 1.24. The molecule has 5 aromatic carbocycles. The van der Waals surface area contributed by atoms with Gasteiger partial charge in [-0.3, -0.25) is 40.9 Å².